The number of aromatic nitrogens is 1. The van der Waals surface area contributed by atoms with Crippen molar-refractivity contribution in [3.8, 4) is 0 Å². The molecule has 0 aliphatic heterocycles. The fraction of sp³-hybridized carbons (Fsp3) is 0.407. The van der Waals surface area contributed by atoms with E-state index in [2.05, 4.69) is 34.7 Å². The van der Waals surface area contributed by atoms with Gasteiger partial charge in [-0.2, -0.15) is 0 Å². The molecule has 0 fully saturated rings. The minimum Gasteiger partial charge on any atom is -0.361 e. The number of carbonyl (C=O) groups is 2. The molecule has 0 saturated heterocycles. The van der Waals surface area contributed by atoms with E-state index < -0.39 is 6.04 Å². The third-order valence-electron chi connectivity index (χ3n) is 6.06. The lowest BCUT2D eigenvalue weighted by atomic mass is 10.0. The molecule has 1 heterocycles. The molecule has 3 aromatic rings. The maximum absolute atomic E-state index is 13.1. The summed E-state index contributed by atoms with van der Waals surface area (Å²) in [4.78, 5) is 28.2. The number of aromatic amines is 1. The lowest BCUT2D eigenvalue weighted by Crippen LogP contribution is -2.51. The van der Waals surface area contributed by atoms with Crippen LogP contribution in [-0.2, 0) is 22.4 Å². The number of aryl methyl sites for hydroxylation is 1. The van der Waals surface area contributed by atoms with E-state index >= 15 is 0 Å². The van der Waals surface area contributed by atoms with Crippen molar-refractivity contribution in [3.63, 3.8) is 0 Å². The zero-order valence-electron chi connectivity index (χ0n) is 19.4. The molecule has 1 unspecified atom stereocenters. The largest absolute Gasteiger partial charge is 0.361 e. The van der Waals surface area contributed by atoms with Crippen LogP contribution >= 0.6 is 0 Å². The van der Waals surface area contributed by atoms with Crippen LogP contribution in [0.15, 0.2) is 60.8 Å². The summed E-state index contributed by atoms with van der Waals surface area (Å²) in [5, 5.41) is 7.52. The average molecular weight is 449 g/mol. The predicted octanol–water partition coefficient (Wildman–Crippen LogP) is 3.50. The molecule has 176 valence electrons. The number of hydrogen-bond acceptors (Lipinski definition) is 4. The predicted molar refractivity (Wildman–Crippen MR) is 134 cm³/mol. The van der Waals surface area contributed by atoms with E-state index in [0.29, 0.717) is 19.4 Å². The zero-order valence-corrected chi connectivity index (χ0v) is 19.4. The number of H-pyrrole nitrogens is 1. The van der Waals surface area contributed by atoms with Gasteiger partial charge in [-0.25, -0.2) is 0 Å². The van der Waals surface area contributed by atoms with Gasteiger partial charge in [-0.05, 0) is 56.3 Å². The van der Waals surface area contributed by atoms with E-state index in [4.69, 9.17) is 5.73 Å². The molecule has 0 bridgehead atoms. The Morgan fingerprint density at radius 1 is 1.06 bits per heavy atom. The maximum Gasteiger partial charge on any atom is 0.237 e. The van der Waals surface area contributed by atoms with Crippen molar-refractivity contribution >= 4 is 23.1 Å². The summed E-state index contributed by atoms with van der Waals surface area (Å²) in [7, 11) is 0. The van der Waals surface area contributed by atoms with Gasteiger partial charge in [0, 0.05) is 29.6 Å². The number of amides is 1. The maximum atomic E-state index is 13.1. The van der Waals surface area contributed by atoms with Crippen LogP contribution in [0.25, 0.3) is 10.9 Å². The molecule has 6 heteroatoms. The highest BCUT2D eigenvalue weighted by molar-refractivity contribution is 5.86. The zero-order chi connectivity index (χ0) is 23.5. The van der Waals surface area contributed by atoms with Gasteiger partial charge in [-0.15, -0.1) is 0 Å². The summed E-state index contributed by atoms with van der Waals surface area (Å²) in [5.74, 6) is -0.129. The molecule has 33 heavy (non-hydrogen) atoms. The lowest BCUT2D eigenvalue weighted by Gasteiger charge is -2.24. The Kier molecular flexibility index (Phi) is 9.66. The standard InChI is InChI=1S/C27H36N4O2/c1-20(14-15-21-9-3-2-4-10-21)30-26(13-7-8-16-28)27(33)31-23(19-32)17-22-18-29-25-12-6-5-11-24(22)25/h2-6,9-12,18-20,23,26,29-30H,7-8,13-17,28H2,1H3,(H,31,33)/t20?,23-,26-/m0/s1. The number of fused-ring (bicyclic) bond motifs is 1. The molecule has 5 N–H and O–H groups in total. The Hall–Kier alpha value is -2.96. The molecule has 0 spiro atoms. The molecule has 6 nitrogen and oxygen atoms in total. The second kappa shape index (κ2) is 12.9. The molecule has 0 aliphatic rings. The molecular formula is C27H36N4O2. The number of carbonyl (C=O) groups excluding carboxylic acids is 2. The molecule has 0 radical (unpaired) electrons. The van der Waals surface area contributed by atoms with Crippen LogP contribution in [0.3, 0.4) is 0 Å². The molecule has 1 amide bonds. The average Bonchev–Trinajstić information content (AvgIpc) is 3.25. The highest BCUT2D eigenvalue weighted by Crippen LogP contribution is 2.19. The van der Waals surface area contributed by atoms with Gasteiger partial charge in [-0.1, -0.05) is 55.0 Å². The van der Waals surface area contributed by atoms with Gasteiger partial charge in [0.15, 0.2) is 0 Å². The van der Waals surface area contributed by atoms with Crippen molar-refractivity contribution in [2.75, 3.05) is 6.54 Å². The number of para-hydroxylation sites is 1. The Morgan fingerprint density at radius 3 is 2.58 bits per heavy atom. The Bertz CT molecular complexity index is 1000. The van der Waals surface area contributed by atoms with Gasteiger partial charge in [-0.3, -0.25) is 4.79 Å². The van der Waals surface area contributed by atoms with E-state index in [1.165, 1.54) is 5.56 Å². The second-order valence-electron chi connectivity index (χ2n) is 8.74. The van der Waals surface area contributed by atoms with Crippen molar-refractivity contribution in [2.24, 2.45) is 5.73 Å². The van der Waals surface area contributed by atoms with Crippen LogP contribution in [0.2, 0.25) is 0 Å². The first-order valence-corrected chi connectivity index (χ1v) is 11.9. The third kappa shape index (κ3) is 7.55. The fourth-order valence-corrected chi connectivity index (χ4v) is 4.19. The first-order valence-electron chi connectivity index (χ1n) is 11.9. The van der Waals surface area contributed by atoms with E-state index in [0.717, 1.165) is 48.4 Å². The lowest BCUT2D eigenvalue weighted by molar-refractivity contribution is -0.126. The number of aldehydes is 1. The molecule has 3 rings (SSSR count). The summed E-state index contributed by atoms with van der Waals surface area (Å²) in [5.41, 5.74) is 8.99. The third-order valence-corrected chi connectivity index (χ3v) is 6.06. The minimum absolute atomic E-state index is 0.129. The molecule has 0 saturated carbocycles. The van der Waals surface area contributed by atoms with Crippen LogP contribution in [0, 0.1) is 0 Å². The summed E-state index contributed by atoms with van der Waals surface area (Å²) in [6.07, 6.45) is 7.50. The fourth-order valence-electron chi connectivity index (χ4n) is 4.19. The summed E-state index contributed by atoms with van der Waals surface area (Å²) >= 11 is 0. The molecular weight excluding hydrogens is 412 g/mol. The SMILES string of the molecule is CC(CCc1ccccc1)N[C@@H](CCCCN)C(=O)N[C@H](C=O)Cc1c[nH]c2ccccc12. The number of hydrogen-bond donors (Lipinski definition) is 4. The smallest absolute Gasteiger partial charge is 0.237 e. The monoisotopic (exact) mass is 448 g/mol. The molecule has 2 aromatic carbocycles. The number of nitrogens with one attached hydrogen (secondary N) is 3. The Labute approximate surface area is 196 Å². The van der Waals surface area contributed by atoms with Crippen molar-refractivity contribution in [2.45, 2.75) is 63.6 Å². The Morgan fingerprint density at radius 2 is 1.82 bits per heavy atom. The van der Waals surface area contributed by atoms with Crippen molar-refractivity contribution in [1.82, 2.24) is 15.6 Å². The van der Waals surface area contributed by atoms with Gasteiger partial charge in [0.1, 0.15) is 6.29 Å². The number of benzene rings is 2. The minimum atomic E-state index is -0.574. The first kappa shape index (κ1) is 24.7. The van der Waals surface area contributed by atoms with Crippen LogP contribution in [0.5, 0.6) is 0 Å². The van der Waals surface area contributed by atoms with Crippen molar-refractivity contribution < 1.29 is 9.59 Å². The summed E-state index contributed by atoms with van der Waals surface area (Å²) < 4.78 is 0. The Balaban J connectivity index is 1.59. The van der Waals surface area contributed by atoms with Crippen molar-refractivity contribution in [3.05, 3.63) is 71.9 Å². The quantitative estimate of drug-likeness (QED) is 0.224. The number of rotatable bonds is 14. The topological polar surface area (TPSA) is 100 Å². The van der Waals surface area contributed by atoms with Gasteiger partial charge in [0.25, 0.3) is 0 Å². The molecule has 0 aliphatic carbocycles. The van der Waals surface area contributed by atoms with Gasteiger partial charge < -0.3 is 26.1 Å². The molecule has 1 aromatic heterocycles. The second-order valence-corrected chi connectivity index (χ2v) is 8.74. The summed E-state index contributed by atoms with van der Waals surface area (Å²) in [6, 6.07) is 17.6. The highest BCUT2D eigenvalue weighted by atomic mass is 16.2. The van der Waals surface area contributed by atoms with E-state index in [1.54, 1.807) is 0 Å². The van der Waals surface area contributed by atoms with Crippen LogP contribution in [0.4, 0.5) is 0 Å². The van der Waals surface area contributed by atoms with E-state index in [9.17, 15) is 9.59 Å². The normalized spacial score (nSPS) is 14.0. The molecule has 3 atom stereocenters. The number of unbranched alkanes of at least 4 members (excludes halogenated alkanes) is 1. The first-order chi connectivity index (χ1) is 16.1. The van der Waals surface area contributed by atoms with Gasteiger partial charge in [0.05, 0.1) is 12.1 Å². The highest BCUT2D eigenvalue weighted by Gasteiger charge is 2.23. The van der Waals surface area contributed by atoms with E-state index in [1.807, 2.05) is 48.7 Å². The van der Waals surface area contributed by atoms with Crippen LogP contribution in [-0.4, -0.2) is 41.8 Å². The van der Waals surface area contributed by atoms with Gasteiger partial charge in [0.2, 0.25) is 5.91 Å². The van der Waals surface area contributed by atoms with Crippen LogP contribution in [0.1, 0.15) is 43.7 Å². The van der Waals surface area contributed by atoms with Crippen LogP contribution < -0.4 is 16.4 Å². The van der Waals surface area contributed by atoms with E-state index in [-0.39, 0.29) is 18.0 Å². The van der Waals surface area contributed by atoms with Gasteiger partial charge >= 0.3 is 0 Å². The number of nitrogens with two attached hydrogens (primary N) is 1. The summed E-state index contributed by atoms with van der Waals surface area (Å²) in [6.45, 7) is 2.71. The van der Waals surface area contributed by atoms with Crippen molar-refractivity contribution in [1.29, 1.82) is 0 Å².